The number of aryl methyl sites for hydroxylation is 1. The molecule has 2 aliphatic rings. The van der Waals surface area contributed by atoms with E-state index in [1.165, 1.54) is 11.6 Å². The minimum Gasteiger partial charge on any atom is -0.355 e. The standard InChI is InChI=1S/C15H20N6O3/c1-18-12-11(14(23)19(2)15(18)24)21(8-17-12)4-3-20-6-9-5-16-13(22)10(9)7-20/h8-10H,3-7H2,1-2H3,(H,16,22)/t9-,10+/m0/s1. The maximum absolute atomic E-state index is 12.4. The number of amides is 1. The van der Waals surface area contributed by atoms with Crippen LogP contribution < -0.4 is 16.6 Å². The molecule has 1 N–H and O–H groups in total. The van der Waals surface area contributed by atoms with Gasteiger partial charge in [0.05, 0.1) is 12.2 Å². The molecule has 0 radical (unpaired) electrons. The quantitative estimate of drug-likeness (QED) is 0.709. The molecule has 0 aromatic carbocycles. The molecule has 9 heteroatoms. The first kappa shape index (κ1) is 15.1. The van der Waals surface area contributed by atoms with Crippen molar-refractivity contribution in [3.8, 4) is 0 Å². The number of nitrogens with one attached hydrogen (secondary N) is 1. The van der Waals surface area contributed by atoms with Crippen LogP contribution in [0.3, 0.4) is 0 Å². The monoisotopic (exact) mass is 332 g/mol. The summed E-state index contributed by atoms with van der Waals surface area (Å²) in [5, 5.41) is 2.90. The summed E-state index contributed by atoms with van der Waals surface area (Å²) in [7, 11) is 3.09. The Kier molecular flexibility index (Phi) is 3.34. The van der Waals surface area contributed by atoms with Crippen LogP contribution in [0.15, 0.2) is 15.9 Å². The van der Waals surface area contributed by atoms with Crippen molar-refractivity contribution < 1.29 is 4.79 Å². The largest absolute Gasteiger partial charge is 0.355 e. The molecule has 0 unspecified atom stereocenters. The Hall–Kier alpha value is -2.42. The molecule has 0 spiro atoms. The van der Waals surface area contributed by atoms with Gasteiger partial charge in [0.2, 0.25) is 5.91 Å². The van der Waals surface area contributed by atoms with Crippen LogP contribution in [-0.2, 0) is 25.4 Å². The Labute approximate surface area is 137 Å². The van der Waals surface area contributed by atoms with Crippen LogP contribution in [-0.4, -0.2) is 55.7 Å². The molecule has 2 saturated heterocycles. The molecule has 9 nitrogen and oxygen atoms in total. The highest BCUT2D eigenvalue weighted by molar-refractivity contribution is 5.81. The van der Waals surface area contributed by atoms with Crippen LogP contribution >= 0.6 is 0 Å². The number of fused-ring (bicyclic) bond motifs is 2. The zero-order chi connectivity index (χ0) is 17.0. The molecule has 2 fully saturated rings. The van der Waals surface area contributed by atoms with Crippen molar-refractivity contribution in [1.82, 2.24) is 28.9 Å². The van der Waals surface area contributed by atoms with Crippen molar-refractivity contribution in [1.29, 1.82) is 0 Å². The van der Waals surface area contributed by atoms with Crippen molar-refractivity contribution in [3.63, 3.8) is 0 Å². The van der Waals surface area contributed by atoms with Gasteiger partial charge in [-0.05, 0) is 0 Å². The lowest BCUT2D eigenvalue weighted by atomic mass is 10.0. The van der Waals surface area contributed by atoms with Gasteiger partial charge in [-0.15, -0.1) is 0 Å². The summed E-state index contributed by atoms with van der Waals surface area (Å²) in [6.07, 6.45) is 1.61. The minimum absolute atomic E-state index is 0.0956. The van der Waals surface area contributed by atoms with Gasteiger partial charge in [0.25, 0.3) is 5.56 Å². The van der Waals surface area contributed by atoms with E-state index in [0.717, 1.165) is 30.7 Å². The molecule has 24 heavy (non-hydrogen) atoms. The first-order valence-corrected chi connectivity index (χ1v) is 8.08. The Morgan fingerprint density at radius 2 is 1.96 bits per heavy atom. The fourth-order valence-corrected chi connectivity index (χ4v) is 3.83. The lowest BCUT2D eigenvalue weighted by Crippen LogP contribution is -2.38. The van der Waals surface area contributed by atoms with E-state index >= 15 is 0 Å². The van der Waals surface area contributed by atoms with E-state index in [9.17, 15) is 14.4 Å². The lowest BCUT2D eigenvalue weighted by Gasteiger charge is -2.17. The molecule has 0 bridgehead atoms. The molecule has 0 aliphatic carbocycles. The third-order valence-electron chi connectivity index (χ3n) is 5.27. The predicted octanol–water partition coefficient (Wildman–Crippen LogP) is -1.89. The van der Waals surface area contributed by atoms with E-state index in [4.69, 9.17) is 0 Å². The van der Waals surface area contributed by atoms with E-state index in [1.54, 1.807) is 17.9 Å². The summed E-state index contributed by atoms with van der Waals surface area (Å²) in [6, 6.07) is 0. The van der Waals surface area contributed by atoms with Crippen molar-refractivity contribution >= 4 is 17.1 Å². The highest BCUT2D eigenvalue weighted by Gasteiger charge is 2.41. The summed E-state index contributed by atoms with van der Waals surface area (Å²) in [5.74, 6) is 0.642. The van der Waals surface area contributed by atoms with Gasteiger partial charge in [0.15, 0.2) is 11.2 Å². The van der Waals surface area contributed by atoms with E-state index < -0.39 is 0 Å². The van der Waals surface area contributed by atoms with Crippen LogP contribution in [0.4, 0.5) is 0 Å². The van der Waals surface area contributed by atoms with Gasteiger partial charge in [-0.1, -0.05) is 0 Å². The molecule has 2 aromatic heterocycles. The minimum atomic E-state index is -0.379. The normalized spacial score (nSPS) is 23.8. The molecule has 4 rings (SSSR count). The van der Waals surface area contributed by atoms with E-state index in [-0.39, 0.29) is 23.1 Å². The molecule has 2 aromatic rings. The molecular weight excluding hydrogens is 312 g/mol. The van der Waals surface area contributed by atoms with E-state index in [1.807, 2.05) is 0 Å². The van der Waals surface area contributed by atoms with Gasteiger partial charge in [0.1, 0.15) is 0 Å². The maximum atomic E-state index is 12.4. The number of hydrogen-bond donors (Lipinski definition) is 1. The first-order valence-electron chi connectivity index (χ1n) is 8.08. The zero-order valence-corrected chi connectivity index (χ0v) is 13.7. The van der Waals surface area contributed by atoms with Crippen LogP contribution in [0.2, 0.25) is 0 Å². The fraction of sp³-hybridized carbons (Fsp3) is 0.600. The number of hydrogen-bond acceptors (Lipinski definition) is 5. The summed E-state index contributed by atoms with van der Waals surface area (Å²) in [4.78, 5) is 42.6. The second-order valence-electron chi connectivity index (χ2n) is 6.69. The highest BCUT2D eigenvalue weighted by Crippen LogP contribution is 2.27. The van der Waals surface area contributed by atoms with Crippen molar-refractivity contribution in [2.45, 2.75) is 6.54 Å². The van der Waals surface area contributed by atoms with Crippen molar-refractivity contribution in [2.75, 3.05) is 26.2 Å². The topological polar surface area (TPSA) is 94.2 Å². The molecule has 2 aliphatic heterocycles. The average Bonchev–Trinajstić information content (AvgIpc) is 3.25. The Morgan fingerprint density at radius 3 is 2.71 bits per heavy atom. The fourth-order valence-electron chi connectivity index (χ4n) is 3.83. The van der Waals surface area contributed by atoms with Crippen molar-refractivity contribution in [3.05, 3.63) is 27.2 Å². The second kappa shape index (κ2) is 5.30. The number of likely N-dealkylation sites (tertiary alicyclic amines) is 1. The number of aromatic nitrogens is 4. The lowest BCUT2D eigenvalue weighted by molar-refractivity contribution is -0.122. The van der Waals surface area contributed by atoms with Gasteiger partial charge >= 0.3 is 5.69 Å². The summed E-state index contributed by atoms with van der Waals surface area (Å²) in [6.45, 7) is 3.77. The predicted molar refractivity (Wildman–Crippen MR) is 86.6 cm³/mol. The third kappa shape index (κ3) is 2.11. The van der Waals surface area contributed by atoms with Crippen LogP contribution in [0, 0.1) is 11.8 Å². The SMILES string of the molecule is Cn1c(=O)c2c(ncn2CCN2C[C@@H]3CNC(=O)[C@@H]3C2)n(C)c1=O. The Morgan fingerprint density at radius 1 is 1.17 bits per heavy atom. The molecule has 2 atom stereocenters. The summed E-state index contributed by atoms with van der Waals surface area (Å²) in [5.41, 5.74) is 0.136. The Balaban J connectivity index is 1.57. The molecular formula is C15H20N6O3. The van der Waals surface area contributed by atoms with Gasteiger partial charge in [0, 0.05) is 52.7 Å². The summed E-state index contributed by atoms with van der Waals surface area (Å²) >= 11 is 0. The van der Waals surface area contributed by atoms with E-state index in [0.29, 0.717) is 23.6 Å². The number of carbonyl (C=O) groups excluding carboxylic acids is 1. The van der Waals surface area contributed by atoms with Gasteiger partial charge in [-0.2, -0.15) is 0 Å². The van der Waals surface area contributed by atoms with Gasteiger partial charge < -0.3 is 14.8 Å². The molecule has 128 valence electrons. The smallest absolute Gasteiger partial charge is 0.332 e. The molecule has 4 heterocycles. The van der Waals surface area contributed by atoms with Crippen LogP contribution in [0.5, 0.6) is 0 Å². The van der Waals surface area contributed by atoms with Crippen LogP contribution in [0.1, 0.15) is 0 Å². The van der Waals surface area contributed by atoms with Gasteiger partial charge in [-0.25, -0.2) is 9.78 Å². The highest BCUT2D eigenvalue weighted by atomic mass is 16.2. The average molecular weight is 332 g/mol. The molecule has 0 saturated carbocycles. The summed E-state index contributed by atoms with van der Waals surface area (Å²) < 4.78 is 4.29. The number of nitrogens with zero attached hydrogens (tertiary/aromatic N) is 5. The first-order chi connectivity index (χ1) is 11.5. The zero-order valence-electron chi connectivity index (χ0n) is 13.7. The maximum Gasteiger partial charge on any atom is 0.332 e. The molecule has 1 amide bonds. The van der Waals surface area contributed by atoms with Gasteiger partial charge in [-0.3, -0.25) is 18.7 Å². The third-order valence-corrected chi connectivity index (χ3v) is 5.27. The number of rotatable bonds is 3. The van der Waals surface area contributed by atoms with Crippen molar-refractivity contribution in [2.24, 2.45) is 25.9 Å². The Bertz CT molecular complexity index is 939. The number of carbonyl (C=O) groups is 1. The van der Waals surface area contributed by atoms with Crippen LogP contribution in [0.25, 0.3) is 11.2 Å². The van der Waals surface area contributed by atoms with E-state index in [2.05, 4.69) is 15.2 Å². The second-order valence-corrected chi connectivity index (χ2v) is 6.69. The number of imidazole rings is 1.